The molecule has 140 valence electrons. The van der Waals surface area contributed by atoms with Crippen LogP contribution in [0.5, 0.6) is 5.75 Å². The third-order valence-corrected chi connectivity index (χ3v) is 4.59. The number of alkyl halides is 2. The van der Waals surface area contributed by atoms with E-state index in [-0.39, 0.29) is 11.7 Å². The standard InChI is InChI=1S/C17H21F2N5O2/c1-11-15(16(25)23-9-7-12(20-2)8-10-23)21-22-24(11)13-3-5-14(6-4-13)26-17(18)19/h3-6,12,17,20H,7-10H2,1-2H3. The van der Waals surface area contributed by atoms with Gasteiger partial charge in [0.2, 0.25) is 0 Å². The van der Waals surface area contributed by atoms with E-state index in [4.69, 9.17) is 0 Å². The summed E-state index contributed by atoms with van der Waals surface area (Å²) in [5.74, 6) is -0.0776. The SMILES string of the molecule is CNC1CCN(C(=O)c2nnn(-c3ccc(OC(F)F)cc3)c2C)CC1. The maximum Gasteiger partial charge on any atom is 0.387 e. The van der Waals surface area contributed by atoms with E-state index in [1.54, 1.807) is 24.0 Å². The van der Waals surface area contributed by atoms with Gasteiger partial charge in [-0.05, 0) is 51.1 Å². The number of hydrogen-bond donors (Lipinski definition) is 1. The van der Waals surface area contributed by atoms with Crippen molar-refractivity contribution in [1.29, 1.82) is 0 Å². The minimum Gasteiger partial charge on any atom is -0.435 e. The molecular weight excluding hydrogens is 344 g/mol. The minimum absolute atomic E-state index is 0.0604. The first-order chi connectivity index (χ1) is 12.5. The number of piperidine rings is 1. The molecule has 2 aromatic rings. The molecule has 1 aromatic carbocycles. The van der Waals surface area contributed by atoms with E-state index in [1.165, 1.54) is 16.8 Å². The fraction of sp³-hybridized carbons (Fsp3) is 0.471. The summed E-state index contributed by atoms with van der Waals surface area (Å²) in [7, 11) is 1.93. The van der Waals surface area contributed by atoms with Crippen LogP contribution in [0.25, 0.3) is 5.69 Å². The van der Waals surface area contributed by atoms with Crippen molar-refractivity contribution in [2.24, 2.45) is 0 Å². The van der Waals surface area contributed by atoms with Gasteiger partial charge in [0, 0.05) is 19.1 Å². The van der Waals surface area contributed by atoms with E-state index in [0.717, 1.165) is 12.8 Å². The molecule has 1 aliphatic heterocycles. The van der Waals surface area contributed by atoms with Gasteiger partial charge >= 0.3 is 6.61 Å². The van der Waals surface area contributed by atoms with Gasteiger partial charge in [-0.15, -0.1) is 5.10 Å². The Hall–Kier alpha value is -2.55. The number of halogens is 2. The Morgan fingerprint density at radius 3 is 2.50 bits per heavy atom. The van der Waals surface area contributed by atoms with Crippen molar-refractivity contribution >= 4 is 5.91 Å². The fourth-order valence-corrected chi connectivity index (χ4v) is 3.06. The summed E-state index contributed by atoms with van der Waals surface area (Å²) in [5, 5.41) is 11.3. The largest absolute Gasteiger partial charge is 0.435 e. The van der Waals surface area contributed by atoms with Crippen molar-refractivity contribution in [3.8, 4) is 11.4 Å². The highest BCUT2D eigenvalue weighted by Crippen LogP contribution is 2.20. The van der Waals surface area contributed by atoms with Crippen LogP contribution in [0, 0.1) is 6.92 Å². The molecule has 0 saturated carbocycles. The van der Waals surface area contributed by atoms with E-state index in [9.17, 15) is 13.6 Å². The maximum absolute atomic E-state index is 12.7. The number of ether oxygens (including phenoxy) is 1. The first kappa shape index (κ1) is 18.2. The Kier molecular flexibility index (Phi) is 5.46. The number of rotatable bonds is 5. The second-order valence-electron chi connectivity index (χ2n) is 6.16. The molecule has 1 aliphatic rings. The maximum atomic E-state index is 12.7. The zero-order chi connectivity index (χ0) is 18.7. The highest BCUT2D eigenvalue weighted by molar-refractivity contribution is 5.93. The van der Waals surface area contributed by atoms with Gasteiger partial charge in [-0.2, -0.15) is 8.78 Å². The monoisotopic (exact) mass is 365 g/mol. The second kappa shape index (κ2) is 7.77. The van der Waals surface area contributed by atoms with Crippen LogP contribution in [0.2, 0.25) is 0 Å². The molecule has 1 fully saturated rings. The number of nitrogens with one attached hydrogen (secondary N) is 1. The van der Waals surface area contributed by atoms with Gasteiger partial charge < -0.3 is 15.0 Å². The molecular formula is C17H21F2N5O2. The molecule has 1 amide bonds. The summed E-state index contributed by atoms with van der Waals surface area (Å²) in [6.45, 7) is 0.245. The molecule has 0 radical (unpaired) electrons. The Morgan fingerprint density at radius 2 is 1.92 bits per heavy atom. The van der Waals surface area contributed by atoms with Crippen LogP contribution in [0.1, 0.15) is 29.0 Å². The minimum atomic E-state index is -2.87. The van der Waals surface area contributed by atoms with Crippen LogP contribution in [0.3, 0.4) is 0 Å². The molecule has 1 N–H and O–H groups in total. The second-order valence-corrected chi connectivity index (χ2v) is 6.16. The van der Waals surface area contributed by atoms with Crippen molar-refractivity contribution in [3.63, 3.8) is 0 Å². The van der Waals surface area contributed by atoms with E-state index >= 15 is 0 Å². The number of nitrogens with zero attached hydrogens (tertiary/aromatic N) is 4. The molecule has 0 atom stereocenters. The Labute approximate surface area is 149 Å². The molecule has 0 bridgehead atoms. The number of hydrogen-bond acceptors (Lipinski definition) is 5. The highest BCUT2D eigenvalue weighted by atomic mass is 19.3. The third-order valence-electron chi connectivity index (χ3n) is 4.59. The lowest BCUT2D eigenvalue weighted by atomic mass is 10.0. The zero-order valence-electron chi connectivity index (χ0n) is 14.7. The quantitative estimate of drug-likeness (QED) is 0.878. The zero-order valence-corrected chi connectivity index (χ0v) is 14.7. The van der Waals surface area contributed by atoms with E-state index < -0.39 is 6.61 Å². The molecule has 9 heteroatoms. The van der Waals surface area contributed by atoms with Crippen LogP contribution in [-0.2, 0) is 0 Å². The number of carbonyl (C=O) groups excluding carboxylic acids is 1. The normalized spacial score (nSPS) is 15.5. The van der Waals surface area contributed by atoms with Gasteiger partial charge in [0.05, 0.1) is 11.4 Å². The van der Waals surface area contributed by atoms with E-state index in [1.807, 2.05) is 7.05 Å². The van der Waals surface area contributed by atoms with Gasteiger partial charge in [0.1, 0.15) is 5.75 Å². The van der Waals surface area contributed by atoms with Gasteiger partial charge in [0.25, 0.3) is 5.91 Å². The molecule has 1 saturated heterocycles. The average molecular weight is 365 g/mol. The Bertz CT molecular complexity index is 755. The van der Waals surface area contributed by atoms with Crippen LogP contribution in [-0.4, -0.2) is 58.6 Å². The molecule has 2 heterocycles. The van der Waals surface area contributed by atoms with Crippen LogP contribution < -0.4 is 10.1 Å². The predicted octanol–water partition coefficient (Wildman–Crippen LogP) is 2.00. The van der Waals surface area contributed by atoms with Crippen molar-refractivity contribution in [2.75, 3.05) is 20.1 Å². The lowest BCUT2D eigenvalue weighted by Crippen LogP contribution is -2.44. The third kappa shape index (κ3) is 3.82. The van der Waals surface area contributed by atoms with Crippen molar-refractivity contribution in [2.45, 2.75) is 32.4 Å². The fourth-order valence-electron chi connectivity index (χ4n) is 3.06. The van der Waals surface area contributed by atoms with Gasteiger partial charge in [0.15, 0.2) is 5.69 Å². The Balaban J connectivity index is 1.74. The summed E-state index contributed by atoms with van der Waals surface area (Å²) < 4.78 is 30.3. The predicted molar refractivity (Wildman–Crippen MR) is 90.7 cm³/mol. The summed E-state index contributed by atoms with van der Waals surface area (Å²) >= 11 is 0. The molecule has 0 aliphatic carbocycles. The van der Waals surface area contributed by atoms with Crippen molar-refractivity contribution < 1.29 is 18.3 Å². The van der Waals surface area contributed by atoms with Crippen LogP contribution in [0.15, 0.2) is 24.3 Å². The summed E-state index contributed by atoms with van der Waals surface area (Å²) in [4.78, 5) is 14.5. The number of aromatic nitrogens is 3. The number of amides is 1. The first-order valence-electron chi connectivity index (χ1n) is 8.43. The van der Waals surface area contributed by atoms with Gasteiger partial charge in [-0.3, -0.25) is 4.79 Å². The topological polar surface area (TPSA) is 72.3 Å². The van der Waals surface area contributed by atoms with Crippen LogP contribution in [0.4, 0.5) is 8.78 Å². The van der Waals surface area contributed by atoms with Crippen molar-refractivity contribution in [3.05, 3.63) is 35.7 Å². The summed E-state index contributed by atoms with van der Waals surface area (Å²) in [6, 6.07) is 6.46. The lowest BCUT2D eigenvalue weighted by Gasteiger charge is -2.31. The van der Waals surface area contributed by atoms with E-state index in [2.05, 4.69) is 20.4 Å². The molecule has 1 aromatic heterocycles. The van der Waals surface area contributed by atoms with Crippen molar-refractivity contribution in [1.82, 2.24) is 25.2 Å². The average Bonchev–Trinajstić information content (AvgIpc) is 3.03. The summed E-state index contributed by atoms with van der Waals surface area (Å²) in [5.41, 5.74) is 1.53. The highest BCUT2D eigenvalue weighted by Gasteiger charge is 2.26. The molecule has 7 nitrogen and oxygen atoms in total. The number of likely N-dealkylation sites (tertiary alicyclic amines) is 1. The van der Waals surface area contributed by atoms with Gasteiger partial charge in [-0.25, -0.2) is 4.68 Å². The molecule has 26 heavy (non-hydrogen) atoms. The molecule has 0 unspecified atom stereocenters. The van der Waals surface area contributed by atoms with Gasteiger partial charge in [-0.1, -0.05) is 5.21 Å². The first-order valence-corrected chi connectivity index (χ1v) is 8.43. The smallest absolute Gasteiger partial charge is 0.387 e. The molecule has 0 spiro atoms. The Morgan fingerprint density at radius 1 is 1.27 bits per heavy atom. The van der Waals surface area contributed by atoms with E-state index in [0.29, 0.717) is 36.2 Å². The van der Waals surface area contributed by atoms with Crippen LogP contribution >= 0.6 is 0 Å². The number of benzene rings is 1. The lowest BCUT2D eigenvalue weighted by molar-refractivity contribution is -0.0498. The number of carbonyl (C=O) groups is 1. The summed E-state index contributed by atoms with van der Waals surface area (Å²) in [6.07, 6.45) is 1.81. The molecule has 3 rings (SSSR count).